The molecule has 0 bridgehead atoms. The summed E-state index contributed by atoms with van der Waals surface area (Å²) >= 11 is 0. The van der Waals surface area contributed by atoms with Crippen LogP contribution in [0, 0.1) is 0 Å². The minimum atomic E-state index is 0.743. The van der Waals surface area contributed by atoms with Crippen LogP contribution in [0.1, 0.15) is 50.8 Å². The largest absolute Gasteiger partial charge is 0.478 e. The van der Waals surface area contributed by atoms with Crippen molar-refractivity contribution in [2.75, 3.05) is 6.61 Å². The number of rotatable bonds is 8. The Morgan fingerprint density at radius 3 is 2.83 bits per heavy atom. The Morgan fingerprint density at radius 1 is 1.33 bits per heavy atom. The van der Waals surface area contributed by atoms with Gasteiger partial charge in [0.1, 0.15) is 0 Å². The van der Waals surface area contributed by atoms with Crippen LogP contribution in [0.3, 0.4) is 0 Å². The maximum atomic E-state index is 5.71. The van der Waals surface area contributed by atoms with Gasteiger partial charge in [-0.25, -0.2) is 4.98 Å². The molecule has 100 valence electrons. The third-order valence-electron chi connectivity index (χ3n) is 3.20. The van der Waals surface area contributed by atoms with Gasteiger partial charge in [0, 0.05) is 24.3 Å². The third-order valence-corrected chi connectivity index (χ3v) is 3.20. The second-order valence-electron chi connectivity index (χ2n) is 5.02. The van der Waals surface area contributed by atoms with E-state index >= 15 is 0 Å². The van der Waals surface area contributed by atoms with Crippen LogP contribution in [-0.4, -0.2) is 17.6 Å². The molecule has 0 aliphatic heterocycles. The summed E-state index contributed by atoms with van der Waals surface area (Å²) in [4.78, 5) is 4.52. The molecular weight excluding hydrogens is 224 g/mol. The van der Waals surface area contributed by atoms with E-state index in [0.717, 1.165) is 50.0 Å². The van der Waals surface area contributed by atoms with Crippen LogP contribution in [0.25, 0.3) is 0 Å². The van der Waals surface area contributed by atoms with Gasteiger partial charge in [-0.05, 0) is 37.3 Å². The summed E-state index contributed by atoms with van der Waals surface area (Å²) in [6.45, 7) is 6.01. The van der Waals surface area contributed by atoms with Gasteiger partial charge >= 0.3 is 0 Å². The first-order chi connectivity index (χ1) is 8.81. The lowest BCUT2D eigenvalue weighted by Gasteiger charge is -2.10. The molecule has 0 spiro atoms. The first kappa shape index (κ1) is 13.3. The SMILES string of the molecule is CCCCOc1cc(CNC2CC2)cc(CC)n1. The minimum Gasteiger partial charge on any atom is -0.478 e. The molecule has 1 aromatic rings. The van der Waals surface area contributed by atoms with Gasteiger partial charge in [-0.2, -0.15) is 0 Å². The zero-order valence-corrected chi connectivity index (χ0v) is 11.5. The fourth-order valence-corrected chi connectivity index (χ4v) is 1.85. The average Bonchev–Trinajstić information content (AvgIpc) is 3.20. The molecule has 0 aromatic carbocycles. The lowest BCUT2D eigenvalue weighted by Crippen LogP contribution is -2.15. The molecule has 0 atom stereocenters. The number of aryl methyl sites for hydroxylation is 1. The number of pyridine rings is 1. The Hall–Kier alpha value is -1.09. The molecule has 1 aliphatic carbocycles. The second-order valence-corrected chi connectivity index (χ2v) is 5.02. The molecule has 3 nitrogen and oxygen atoms in total. The molecule has 3 heteroatoms. The van der Waals surface area contributed by atoms with Crippen molar-refractivity contribution >= 4 is 0 Å². The maximum Gasteiger partial charge on any atom is 0.213 e. The van der Waals surface area contributed by atoms with Crippen molar-refractivity contribution in [1.82, 2.24) is 10.3 Å². The molecule has 0 radical (unpaired) electrons. The summed E-state index contributed by atoms with van der Waals surface area (Å²) in [7, 11) is 0. The summed E-state index contributed by atoms with van der Waals surface area (Å²) in [5, 5.41) is 3.54. The Bertz CT molecular complexity index is 375. The molecule has 1 fully saturated rings. The van der Waals surface area contributed by atoms with E-state index in [1.165, 1.54) is 18.4 Å². The van der Waals surface area contributed by atoms with Crippen LogP contribution in [-0.2, 0) is 13.0 Å². The first-order valence-corrected chi connectivity index (χ1v) is 7.17. The lowest BCUT2D eigenvalue weighted by molar-refractivity contribution is 0.296. The van der Waals surface area contributed by atoms with Crippen molar-refractivity contribution in [2.45, 2.75) is 58.5 Å². The number of nitrogens with one attached hydrogen (secondary N) is 1. The van der Waals surface area contributed by atoms with E-state index in [0.29, 0.717) is 0 Å². The Kier molecular flexibility index (Phi) is 5.00. The van der Waals surface area contributed by atoms with E-state index in [2.05, 4.69) is 36.3 Å². The van der Waals surface area contributed by atoms with Gasteiger partial charge in [-0.15, -0.1) is 0 Å². The zero-order valence-electron chi connectivity index (χ0n) is 11.5. The smallest absolute Gasteiger partial charge is 0.213 e. The molecule has 0 unspecified atom stereocenters. The standard InChI is InChI=1S/C15H24N2O/c1-3-5-8-18-15-10-12(9-13(4-2)17-15)11-16-14-6-7-14/h9-10,14,16H,3-8,11H2,1-2H3. The first-order valence-electron chi connectivity index (χ1n) is 7.17. The predicted octanol–water partition coefficient (Wildman–Crippen LogP) is 3.07. The third kappa shape index (κ3) is 4.30. The minimum absolute atomic E-state index is 0.743. The van der Waals surface area contributed by atoms with Crippen LogP contribution >= 0.6 is 0 Å². The van der Waals surface area contributed by atoms with Gasteiger partial charge in [0.15, 0.2) is 0 Å². The molecule has 18 heavy (non-hydrogen) atoms. The van der Waals surface area contributed by atoms with E-state index in [-0.39, 0.29) is 0 Å². The quantitative estimate of drug-likeness (QED) is 0.718. The summed E-state index contributed by atoms with van der Waals surface area (Å²) < 4.78 is 5.71. The van der Waals surface area contributed by atoms with Gasteiger partial charge in [0.2, 0.25) is 5.88 Å². The van der Waals surface area contributed by atoms with E-state index in [9.17, 15) is 0 Å². The topological polar surface area (TPSA) is 34.1 Å². The molecule has 0 amide bonds. The highest BCUT2D eigenvalue weighted by atomic mass is 16.5. The highest BCUT2D eigenvalue weighted by Crippen LogP contribution is 2.20. The van der Waals surface area contributed by atoms with E-state index < -0.39 is 0 Å². The van der Waals surface area contributed by atoms with Crippen LogP contribution < -0.4 is 10.1 Å². The second kappa shape index (κ2) is 6.74. The van der Waals surface area contributed by atoms with Gasteiger partial charge < -0.3 is 10.1 Å². The van der Waals surface area contributed by atoms with Crippen molar-refractivity contribution in [1.29, 1.82) is 0 Å². The molecule has 0 saturated heterocycles. The van der Waals surface area contributed by atoms with Crippen LogP contribution in [0.2, 0.25) is 0 Å². The van der Waals surface area contributed by atoms with E-state index in [4.69, 9.17) is 4.74 Å². The van der Waals surface area contributed by atoms with Crippen LogP contribution in [0.4, 0.5) is 0 Å². The summed E-state index contributed by atoms with van der Waals surface area (Å²) in [6, 6.07) is 5.00. The van der Waals surface area contributed by atoms with E-state index in [1.54, 1.807) is 0 Å². The number of hydrogen-bond donors (Lipinski definition) is 1. The highest BCUT2D eigenvalue weighted by Gasteiger charge is 2.20. The highest BCUT2D eigenvalue weighted by molar-refractivity contribution is 5.25. The molecule has 1 N–H and O–H groups in total. The van der Waals surface area contributed by atoms with Crippen molar-refractivity contribution in [3.63, 3.8) is 0 Å². The average molecular weight is 248 g/mol. The molecular formula is C15H24N2O. The number of aromatic nitrogens is 1. The van der Waals surface area contributed by atoms with Crippen molar-refractivity contribution in [3.05, 3.63) is 23.4 Å². The van der Waals surface area contributed by atoms with Crippen LogP contribution in [0.5, 0.6) is 5.88 Å². The van der Waals surface area contributed by atoms with Crippen LogP contribution in [0.15, 0.2) is 12.1 Å². The Balaban J connectivity index is 1.95. The lowest BCUT2D eigenvalue weighted by atomic mass is 10.2. The maximum absolute atomic E-state index is 5.71. The molecule has 1 aliphatic rings. The predicted molar refractivity (Wildman–Crippen MR) is 73.9 cm³/mol. The molecule has 1 saturated carbocycles. The Morgan fingerprint density at radius 2 is 2.17 bits per heavy atom. The van der Waals surface area contributed by atoms with Crippen molar-refractivity contribution < 1.29 is 4.74 Å². The number of unbranched alkanes of at least 4 members (excludes halogenated alkanes) is 1. The summed E-state index contributed by atoms with van der Waals surface area (Å²) in [5.41, 5.74) is 2.41. The molecule has 1 aromatic heterocycles. The monoisotopic (exact) mass is 248 g/mol. The molecule has 1 heterocycles. The molecule has 2 rings (SSSR count). The van der Waals surface area contributed by atoms with Crippen molar-refractivity contribution in [3.8, 4) is 5.88 Å². The Labute approximate surface area is 110 Å². The summed E-state index contributed by atoms with van der Waals surface area (Å²) in [6.07, 6.45) is 5.86. The fourth-order valence-electron chi connectivity index (χ4n) is 1.85. The van der Waals surface area contributed by atoms with Gasteiger partial charge in [0.25, 0.3) is 0 Å². The van der Waals surface area contributed by atoms with Gasteiger partial charge in [0.05, 0.1) is 6.61 Å². The summed E-state index contributed by atoms with van der Waals surface area (Å²) in [5.74, 6) is 0.787. The van der Waals surface area contributed by atoms with Crippen molar-refractivity contribution in [2.24, 2.45) is 0 Å². The zero-order chi connectivity index (χ0) is 12.8. The normalized spacial score (nSPS) is 14.8. The number of ether oxygens (including phenoxy) is 1. The number of nitrogens with zero attached hydrogens (tertiary/aromatic N) is 1. The van der Waals surface area contributed by atoms with Gasteiger partial charge in [-0.1, -0.05) is 20.3 Å². The number of hydrogen-bond acceptors (Lipinski definition) is 3. The van der Waals surface area contributed by atoms with Gasteiger partial charge in [-0.3, -0.25) is 0 Å². The fraction of sp³-hybridized carbons (Fsp3) is 0.667. The van der Waals surface area contributed by atoms with E-state index in [1.807, 2.05) is 0 Å².